The van der Waals surface area contributed by atoms with Gasteiger partial charge in [-0.05, 0) is 29.7 Å². The zero-order chi connectivity index (χ0) is 15.9. The van der Waals surface area contributed by atoms with Crippen LogP contribution in [0.25, 0.3) is 0 Å². The molecule has 1 atom stereocenters. The molecule has 2 rings (SSSR count). The van der Waals surface area contributed by atoms with Gasteiger partial charge in [0.05, 0.1) is 6.04 Å². The molecule has 0 heterocycles. The van der Waals surface area contributed by atoms with Gasteiger partial charge in [-0.2, -0.15) is 0 Å². The third-order valence-electron chi connectivity index (χ3n) is 3.55. The summed E-state index contributed by atoms with van der Waals surface area (Å²) in [7, 11) is 4.00. The van der Waals surface area contributed by atoms with Gasteiger partial charge in [-0.3, -0.25) is 4.79 Å². The third-order valence-corrected chi connectivity index (χ3v) is 3.55. The zero-order valence-electron chi connectivity index (χ0n) is 13.1. The van der Waals surface area contributed by atoms with Crippen LogP contribution < -0.4 is 16.0 Å². The van der Waals surface area contributed by atoms with E-state index in [0.717, 1.165) is 16.8 Å². The van der Waals surface area contributed by atoms with Gasteiger partial charge >= 0.3 is 0 Å². The SMILES string of the molecule is CN(C)c1ccc(CNC(=O)C(N)Cc2ccccc2)cc1. The minimum atomic E-state index is -0.525. The fourth-order valence-electron chi connectivity index (χ4n) is 2.19. The van der Waals surface area contributed by atoms with Crippen LogP contribution in [0, 0.1) is 0 Å². The Hall–Kier alpha value is -2.33. The monoisotopic (exact) mass is 297 g/mol. The number of hydrogen-bond donors (Lipinski definition) is 2. The lowest BCUT2D eigenvalue weighted by Crippen LogP contribution is -2.41. The second-order valence-corrected chi connectivity index (χ2v) is 5.57. The van der Waals surface area contributed by atoms with Crippen LogP contribution in [0.5, 0.6) is 0 Å². The van der Waals surface area contributed by atoms with Gasteiger partial charge in [-0.25, -0.2) is 0 Å². The molecule has 0 saturated carbocycles. The lowest BCUT2D eigenvalue weighted by Gasteiger charge is -2.14. The molecule has 0 aliphatic rings. The van der Waals surface area contributed by atoms with Crippen molar-refractivity contribution >= 4 is 11.6 Å². The fraction of sp³-hybridized carbons (Fsp3) is 0.278. The minimum Gasteiger partial charge on any atom is -0.378 e. The van der Waals surface area contributed by atoms with E-state index >= 15 is 0 Å². The molecule has 4 nitrogen and oxygen atoms in total. The Bertz CT molecular complexity index is 593. The standard InChI is InChI=1S/C18H23N3O/c1-21(2)16-10-8-15(9-11-16)13-20-18(22)17(19)12-14-6-4-3-5-7-14/h3-11,17H,12-13,19H2,1-2H3,(H,20,22). The number of benzene rings is 2. The molecule has 0 aromatic heterocycles. The predicted molar refractivity (Wildman–Crippen MR) is 90.7 cm³/mol. The molecule has 22 heavy (non-hydrogen) atoms. The summed E-state index contributed by atoms with van der Waals surface area (Å²) in [5, 5.41) is 2.89. The van der Waals surface area contributed by atoms with Gasteiger partial charge in [0, 0.05) is 26.3 Å². The molecule has 0 bridgehead atoms. The number of anilines is 1. The molecule has 2 aromatic rings. The second-order valence-electron chi connectivity index (χ2n) is 5.57. The van der Waals surface area contributed by atoms with E-state index < -0.39 is 6.04 Å². The highest BCUT2D eigenvalue weighted by Gasteiger charge is 2.13. The summed E-state index contributed by atoms with van der Waals surface area (Å²) in [6.07, 6.45) is 0.548. The van der Waals surface area contributed by atoms with Gasteiger partial charge in [0.15, 0.2) is 0 Å². The van der Waals surface area contributed by atoms with E-state index in [0.29, 0.717) is 13.0 Å². The molecule has 4 heteroatoms. The highest BCUT2D eigenvalue weighted by molar-refractivity contribution is 5.81. The van der Waals surface area contributed by atoms with Crippen LogP contribution in [0.1, 0.15) is 11.1 Å². The van der Waals surface area contributed by atoms with E-state index in [2.05, 4.69) is 5.32 Å². The quantitative estimate of drug-likeness (QED) is 0.856. The van der Waals surface area contributed by atoms with Crippen molar-refractivity contribution in [2.45, 2.75) is 19.0 Å². The summed E-state index contributed by atoms with van der Waals surface area (Å²) in [5.74, 6) is -0.125. The smallest absolute Gasteiger partial charge is 0.237 e. The molecular weight excluding hydrogens is 274 g/mol. The molecular formula is C18H23N3O. The van der Waals surface area contributed by atoms with Crippen LogP contribution in [0.2, 0.25) is 0 Å². The number of nitrogens with one attached hydrogen (secondary N) is 1. The Labute approximate surface area is 131 Å². The summed E-state index contributed by atoms with van der Waals surface area (Å²) in [5.41, 5.74) is 9.22. The molecule has 116 valence electrons. The van der Waals surface area contributed by atoms with E-state index in [4.69, 9.17) is 5.73 Å². The van der Waals surface area contributed by atoms with Crippen LogP contribution >= 0.6 is 0 Å². The van der Waals surface area contributed by atoms with Crippen LogP contribution in [0.4, 0.5) is 5.69 Å². The maximum absolute atomic E-state index is 12.1. The van der Waals surface area contributed by atoms with Crippen molar-refractivity contribution in [2.75, 3.05) is 19.0 Å². The van der Waals surface area contributed by atoms with Crippen molar-refractivity contribution in [1.82, 2.24) is 5.32 Å². The number of carbonyl (C=O) groups is 1. The molecule has 1 unspecified atom stereocenters. The van der Waals surface area contributed by atoms with Crippen molar-refractivity contribution in [3.63, 3.8) is 0 Å². The Kier molecular flexibility index (Phi) is 5.55. The van der Waals surface area contributed by atoms with Crippen LogP contribution in [-0.2, 0) is 17.8 Å². The molecule has 1 amide bonds. The molecule has 2 aromatic carbocycles. The summed E-state index contributed by atoms with van der Waals surface area (Å²) < 4.78 is 0. The average molecular weight is 297 g/mol. The Morgan fingerprint density at radius 3 is 2.27 bits per heavy atom. The Morgan fingerprint density at radius 2 is 1.68 bits per heavy atom. The number of nitrogens with zero attached hydrogens (tertiary/aromatic N) is 1. The van der Waals surface area contributed by atoms with Gasteiger partial charge in [-0.15, -0.1) is 0 Å². The summed E-state index contributed by atoms with van der Waals surface area (Å²) >= 11 is 0. The first-order valence-electron chi connectivity index (χ1n) is 7.40. The van der Waals surface area contributed by atoms with Crippen molar-refractivity contribution < 1.29 is 4.79 Å². The molecule has 0 spiro atoms. The van der Waals surface area contributed by atoms with Crippen molar-refractivity contribution in [3.8, 4) is 0 Å². The number of carbonyl (C=O) groups excluding carboxylic acids is 1. The van der Waals surface area contributed by atoms with E-state index in [1.165, 1.54) is 0 Å². The number of nitrogens with two attached hydrogens (primary N) is 1. The maximum atomic E-state index is 12.1. The topological polar surface area (TPSA) is 58.4 Å². The number of hydrogen-bond acceptors (Lipinski definition) is 3. The largest absolute Gasteiger partial charge is 0.378 e. The van der Waals surface area contributed by atoms with Crippen molar-refractivity contribution in [3.05, 3.63) is 65.7 Å². The predicted octanol–water partition coefficient (Wildman–Crippen LogP) is 1.94. The Balaban J connectivity index is 1.84. The van der Waals surface area contributed by atoms with Crippen LogP contribution in [0.3, 0.4) is 0 Å². The molecule has 0 fully saturated rings. The third kappa shape index (κ3) is 4.60. The van der Waals surface area contributed by atoms with Gasteiger partial charge < -0.3 is 16.0 Å². The highest BCUT2D eigenvalue weighted by atomic mass is 16.2. The molecule has 3 N–H and O–H groups in total. The second kappa shape index (κ2) is 7.61. The van der Waals surface area contributed by atoms with E-state index in [9.17, 15) is 4.79 Å². The van der Waals surface area contributed by atoms with Gasteiger partial charge in [0.1, 0.15) is 0 Å². The van der Waals surface area contributed by atoms with Gasteiger partial charge in [-0.1, -0.05) is 42.5 Å². The Morgan fingerprint density at radius 1 is 1.05 bits per heavy atom. The van der Waals surface area contributed by atoms with Crippen molar-refractivity contribution in [1.29, 1.82) is 0 Å². The molecule has 0 saturated heterocycles. The van der Waals surface area contributed by atoms with Crippen LogP contribution in [0.15, 0.2) is 54.6 Å². The number of rotatable bonds is 6. The summed E-state index contributed by atoms with van der Waals surface area (Å²) in [6, 6.07) is 17.4. The summed E-state index contributed by atoms with van der Waals surface area (Å²) in [4.78, 5) is 14.1. The molecule has 0 radical (unpaired) electrons. The lowest BCUT2D eigenvalue weighted by atomic mass is 10.1. The van der Waals surface area contributed by atoms with Crippen LogP contribution in [-0.4, -0.2) is 26.0 Å². The van der Waals surface area contributed by atoms with E-state index in [-0.39, 0.29) is 5.91 Å². The first-order chi connectivity index (χ1) is 10.6. The minimum absolute atomic E-state index is 0.125. The lowest BCUT2D eigenvalue weighted by molar-refractivity contribution is -0.122. The normalized spacial score (nSPS) is 11.8. The summed E-state index contributed by atoms with van der Waals surface area (Å²) in [6.45, 7) is 0.495. The molecule has 0 aliphatic heterocycles. The number of amides is 1. The highest BCUT2D eigenvalue weighted by Crippen LogP contribution is 2.12. The van der Waals surface area contributed by atoms with E-state index in [1.54, 1.807) is 0 Å². The fourth-order valence-corrected chi connectivity index (χ4v) is 2.19. The first-order valence-corrected chi connectivity index (χ1v) is 7.40. The molecule has 0 aliphatic carbocycles. The van der Waals surface area contributed by atoms with Gasteiger partial charge in [0.2, 0.25) is 5.91 Å². The average Bonchev–Trinajstić information content (AvgIpc) is 2.53. The van der Waals surface area contributed by atoms with Crippen molar-refractivity contribution in [2.24, 2.45) is 5.73 Å². The maximum Gasteiger partial charge on any atom is 0.237 e. The van der Waals surface area contributed by atoms with E-state index in [1.807, 2.05) is 73.6 Å². The van der Waals surface area contributed by atoms with Gasteiger partial charge in [0.25, 0.3) is 0 Å². The zero-order valence-corrected chi connectivity index (χ0v) is 13.1. The first kappa shape index (κ1) is 16.0.